The van der Waals surface area contributed by atoms with Crippen LogP contribution in [0.4, 0.5) is 0 Å². The maximum Gasteiger partial charge on any atom is 0.316 e. The fourth-order valence-electron chi connectivity index (χ4n) is 2.13. The van der Waals surface area contributed by atoms with E-state index in [4.69, 9.17) is 4.74 Å². The molecule has 4 heteroatoms. The molecule has 1 atom stereocenters. The normalized spacial score (nSPS) is 18.5. The van der Waals surface area contributed by atoms with E-state index < -0.39 is 11.9 Å². The molecule has 4 nitrogen and oxygen atoms in total. The molecule has 17 heavy (non-hydrogen) atoms. The number of hydrogen-bond donors (Lipinski definition) is 0. The quantitative estimate of drug-likeness (QED) is 0.576. The lowest BCUT2D eigenvalue weighted by Gasteiger charge is -2.21. The minimum Gasteiger partial charge on any atom is -0.497 e. The summed E-state index contributed by atoms with van der Waals surface area (Å²) in [7, 11) is 2.89. The highest BCUT2D eigenvalue weighted by Gasteiger charge is 2.33. The Morgan fingerprint density at radius 1 is 1.35 bits per heavy atom. The first-order valence-corrected chi connectivity index (χ1v) is 5.46. The molecule has 90 valence electrons. The number of aryl methyl sites for hydroxylation is 1. The van der Waals surface area contributed by atoms with E-state index in [9.17, 15) is 9.59 Å². The van der Waals surface area contributed by atoms with Gasteiger partial charge in [-0.15, -0.1) is 0 Å². The van der Waals surface area contributed by atoms with E-state index in [1.165, 1.54) is 7.11 Å². The highest BCUT2D eigenvalue weighted by molar-refractivity contribution is 6.10. The summed E-state index contributed by atoms with van der Waals surface area (Å²) >= 11 is 0. The van der Waals surface area contributed by atoms with Crippen LogP contribution < -0.4 is 4.74 Å². The van der Waals surface area contributed by atoms with E-state index >= 15 is 0 Å². The van der Waals surface area contributed by atoms with Gasteiger partial charge in [0.2, 0.25) is 0 Å². The number of Topliss-reactive ketones (excluding diaryl/α,β-unsaturated/α-hetero) is 1. The maximum absolute atomic E-state index is 12.1. The number of ether oxygens (including phenoxy) is 2. The number of methoxy groups -OCH3 is 2. The summed E-state index contributed by atoms with van der Waals surface area (Å²) in [6.07, 6.45) is 1.20. The van der Waals surface area contributed by atoms with Gasteiger partial charge >= 0.3 is 5.97 Å². The first kappa shape index (κ1) is 11.6. The number of benzene rings is 1. The first-order chi connectivity index (χ1) is 8.17. The van der Waals surface area contributed by atoms with Gasteiger partial charge in [-0.2, -0.15) is 0 Å². The molecule has 1 aromatic rings. The summed E-state index contributed by atoms with van der Waals surface area (Å²) in [6, 6.07) is 5.29. The van der Waals surface area contributed by atoms with Gasteiger partial charge in [0.1, 0.15) is 11.7 Å². The number of hydrogen-bond acceptors (Lipinski definition) is 4. The zero-order chi connectivity index (χ0) is 12.4. The summed E-state index contributed by atoms with van der Waals surface area (Å²) in [4.78, 5) is 23.5. The van der Waals surface area contributed by atoms with Crippen molar-refractivity contribution >= 4 is 11.8 Å². The van der Waals surface area contributed by atoms with Crippen LogP contribution >= 0.6 is 0 Å². The van der Waals surface area contributed by atoms with E-state index in [-0.39, 0.29) is 5.78 Å². The Morgan fingerprint density at radius 3 is 2.76 bits per heavy atom. The minimum atomic E-state index is -0.652. The van der Waals surface area contributed by atoms with Crippen LogP contribution in [-0.2, 0) is 16.0 Å². The number of ketones is 1. The fraction of sp³-hybridized carbons (Fsp3) is 0.385. The molecule has 0 saturated carbocycles. The largest absolute Gasteiger partial charge is 0.497 e. The fourth-order valence-corrected chi connectivity index (χ4v) is 2.13. The van der Waals surface area contributed by atoms with Gasteiger partial charge in [0.05, 0.1) is 14.2 Å². The third-order valence-corrected chi connectivity index (χ3v) is 3.08. The molecular formula is C13H14O4. The van der Waals surface area contributed by atoms with E-state index in [1.54, 1.807) is 19.2 Å². The van der Waals surface area contributed by atoms with Crippen LogP contribution in [0.1, 0.15) is 22.3 Å². The van der Waals surface area contributed by atoms with Crippen molar-refractivity contribution in [1.29, 1.82) is 0 Å². The molecule has 1 aliphatic rings. The van der Waals surface area contributed by atoms with Crippen LogP contribution in [0, 0.1) is 5.92 Å². The van der Waals surface area contributed by atoms with E-state index in [2.05, 4.69) is 4.74 Å². The van der Waals surface area contributed by atoms with Crippen molar-refractivity contribution in [3.63, 3.8) is 0 Å². The Bertz CT molecular complexity index is 464. The summed E-state index contributed by atoms with van der Waals surface area (Å²) in [5.41, 5.74) is 1.54. The van der Waals surface area contributed by atoms with Gasteiger partial charge in [-0.05, 0) is 36.6 Å². The van der Waals surface area contributed by atoms with Crippen LogP contribution in [0.15, 0.2) is 18.2 Å². The second-order valence-electron chi connectivity index (χ2n) is 4.00. The molecule has 0 heterocycles. The zero-order valence-electron chi connectivity index (χ0n) is 9.86. The molecule has 0 aliphatic heterocycles. The Kier molecular flexibility index (Phi) is 3.13. The Labute approximate surface area is 99.5 Å². The van der Waals surface area contributed by atoms with Crippen LogP contribution in [0.5, 0.6) is 5.75 Å². The average Bonchev–Trinajstić information content (AvgIpc) is 2.38. The van der Waals surface area contributed by atoms with Crippen LogP contribution in [0.3, 0.4) is 0 Å². The summed E-state index contributed by atoms with van der Waals surface area (Å²) < 4.78 is 9.74. The Balaban J connectivity index is 2.33. The molecule has 0 bridgehead atoms. The topological polar surface area (TPSA) is 52.6 Å². The highest BCUT2D eigenvalue weighted by atomic mass is 16.5. The second-order valence-corrected chi connectivity index (χ2v) is 4.00. The van der Waals surface area contributed by atoms with Gasteiger partial charge in [0, 0.05) is 5.56 Å². The molecule has 0 aromatic heterocycles. The number of carbonyl (C=O) groups excluding carboxylic acids is 2. The standard InChI is InChI=1S/C13H14O4/c1-16-9-4-6-10-8(7-9)3-5-11(12(10)14)13(15)17-2/h4,6-7,11H,3,5H2,1-2H3/t11-/m1/s1. The zero-order valence-corrected chi connectivity index (χ0v) is 9.86. The lowest BCUT2D eigenvalue weighted by molar-refractivity contribution is -0.143. The van der Waals surface area contributed by atoms with Crippen LogP contribution in [0.2, 0.25) is 0 Å². The SMILES string of the molecule is COC(=O)[C@@H]1CCc2cc(OC)ccc2C1=O. The highest BCUT2D eigenvalue weighted by Crippen LogP contribution is 2.29. The number of esters is 1. The van der Waals surface area contributed by atoms with Crippen molar-refractivity contribution in [2.24, 2.45) is 5.92 Å². The molecule has 0 saturated heterocycles. The molecule has 0 radical (unpaired) electrons. The lowest BCUT2D eigenvalue weighted by atomic mass is 9.82. The molecule has 0 spiro atoms. The van der Waals surface area contributed by atoms with Crippen molar-refractivity contribution < 1.29 is 19.1 Å². The van der Waals surface area contributed by atoms with Gasteiger partial charge in [-0.1, -0.05) is 0 Å². The number of fused-ring (bicyclic) bond motifs is 1. The number of carbonyl (C=O) groups is 2. The van der Waals surface area contributed by atoms with Crippen molar-refractivity contribution in [2.75, 3.05) is 14.2 Å². The van der Waals surface area contributed by atoms with Crippen molar-refractivity contribution in [3.8, 4) is 5.75 Å². The van der Waals surface area contributed by atoms with E-state index in [0.29, 0.717) is 18.4 Å². The molecule has 0 unspecified atom stereocenters. The Morgan fingerprint density at radius 2 is 2.12 bits per heavy atom. The smallest absolute Gasteiger partial charge is 0.316 e. The first-order valence-electron chi connectivity index (χ1n) is 5.46. The van der Waals surface area contributed by atoms with Crippen LogP contribution in [-0.4, -0.2) is 26.0 Å². The maximum atomic E-state index is 12.1. The molecule has 0 fully saturated rings. The number of rotatable bonds is 2. The van der Waals surface area contributed by atoms with Gasteiger partial charge in [-0.25, -0.2) is 0 Å². The molecular weight excluding hydrogens is 220 g/mol. The van der Waals surface area contributed by atoms with Gasteiger partial charge in [0.25, 0.3) is 0 Å². The average molecular weight is 234 g/mol. The third kappa shape index (κ3) is 2.02. The molecule has 1 aromatic carbocycles. The molecule has 0 N–H and O–H groups in total. The van der Waals surface area contributed by atoms with Crippen molar-refractivity contribution in [3.05, 3.63) is 29.3 Å². The molecule has 1 aliphatic carbocycles. The van der Waals surface area contributed by atoms with Crippen LogP contribution in [0.25, 0.3) is 0 Å². The van der Waals surface area contributed by atoms with E-state index in [1.807, 2.05) is 6.07 Å². The van der Waals surface area contributed by atoms with Crippen molar-refractivity contribution in [2.45, 2.75) is 12.8 Å². The van der Waals surface area contributed by atoms with Gasteiger partial charge in [-0.3, -0.25) is 9.59 Å². The predicted octanol–water partition coefficient (Wildman–Crippen LogP) is 1.61. The van der Waals surface area contributed by atoms with Crippen molar-refractivity contribution in [1.82, 2.24) is 0 Å². The van der Waals surface area contributed by atoms with Gasteiger partial charge in [0.15, 0.2) is 5.78 Å². The predicted molar refractivity (Wildman–Crippen MR) is 61.2 cm³/mol. The van der Waals surface area contributed by atoms with E-state index in [0.717, 1.165) is 11.3 Å². The molecule has 2 rings (SSSR count). The monoisotopic (exact) mass is 234 g/mol. The molecule has 0 amide bonds. The second kappa shape index (κ2) is 4.57. The third-order valence-electron chi connectivity index (χ3n) is 3.08. The Hall–Kier alpha value is -1.84. The summed E-state index contributed by atoms with van der Waals surface area (Å²) in [6.45, 7) is 0. The summed E-state index contributed by atoms with van der Waals surface area (Å²) in [5, 5.41) is 0. The summed E-state index contributed by atoms with van der Waals surface area (Å²) in [5.74, 6) is -0.522. The van der Waals surface area contributed by atoms with Gasteiger partial charge < -0.3 is 9.47 Å². The lowest BCUT2D eigenvalue weighted by Crippen LogP contribution is -2.30. The minimum absolute atomic E-state index is 0.152.